The molecule has 2 rings (SSSR count). The molecule has 1 unspecified atom stereocenters. The molecule has 1 saturated heterocycles. The molecular formula is C13H21N3OS. The van der Waals surface area contributed by atoms with Gasteiger partial charge in [-0.3, -0.25) is 0 Å². The van der Waals surface area contributed by atoms with E-state index in [9.17, 15) is 0 Å². The lowest BCUT2D eigenvalue weighted by Crippen LogP contribution is -2.27. The van der Waals surface area contributed by atoms with Crippen molar-refractivity contribution in [3.05, 3.63) is 11.8 Å². The fraction of sp³-hybridized carbons (Fsp3) is 0.692. The summed E-state index contributed by atoms with van der Waals surface area (Å²) >= 11 is 2.03. The summed E-state index contributed by atoms with van der Waals surface area (Å²) in [5.74, 6) is 2.58. The maximum absolute atomic E-state index is 5.43. The molecule has 1 aliphatic rings. The van der Waals surface area contributed by atoms with Gasteiger partial charge in [0.25, 0.3) is 0 Å². The van der Waals surface area contributed by atoms with E-state index in [2.05, 4.69) is 22.2 Å². The molecular weight excluding hydrogens is 246 g/mol. The summed E-state index contributed by atoms with van der Waals surface area (Å²) in [5.41, 5.74) is 0.931. The van der Waals surface area contributed by atoms with E-state index in [1.54, 1.807) is 0 Å². The largest absolute Gasteiger partial charge is 0.478 e. The fourth-order valence-electron chi connectivity index (χ4n) is 2.08. The van der Waals surface area contributed by atoms with Crippen molar-refractivity contribution in [2.45, 2.75) is 38.4 Å². The monoisotopic (exact) mass is 267 g/mol. The Hall–Kier alpha value is -0.970. The van der Waals surface area contributed by atoms with E-state index in [-0.39, 0.29) is 0 Å². The van der Waals surface area contributed by atoms with Gasteiger partial charge < -0.3 is 10.1 Å². The minimum atomic E-state index is 0.318. The second kappa shape index (κ2) is 5.78. The molecule has 1 aromatic rings. The number of hydrogen-bond acceptors (Lipinski definition) is 5. The Bertz CT molecular complexity index is 405. The zero-order chi connectivity index (χ0) is 13.0. The van der Waals surface area contributed by atoms with Crippen LogP contribution in [0.15, 0.2) is 6.07 Å². The molecule has 0 aromatic carbocycles. The molecule has 1 aliphatic heterocycles. The maximum Gasteiger partial charge on any atom is 0.226 e. The third kappa shape index (κ3) is 3.51. The predicted octanol–water partition coefficient (Wildman–Crippen LogP) is 2.88. The first-order valence-electron chi connectivity index (χ1n) is 6.48. The van der Waals surface area contributed by atoms with Crippen molar-refractivity contribution in [3.63, 3.8) is 0 Å². The van der Waals surface area contributed by atoms with E-state index < -0.39 is 0 Å². The van der Waals surface area contributed by atoms with Crippen LogP contribution in [0.5, 0.6) is 5.88 Å². The first kappa shape index (κ1) is 13.5. The smallest absolute Gasteiger partial charge is 0.226 e. The molecule has 1 aromatic heterocycles. The SMILES string of the molecule is CCOc1cc(C)nc(NCC2(C)CCCS2)n1. The van der Waals surface area contributed by atoms with Crippen LogP contribution in [0.2, 0.25) is 0 Å². The van der Waals surface area contributed by atoms with E-state index in [0.717, 1.165) is 12.2 Å². The van der Waals surface area contributed by atoms with Gasteiger partial charge in [-0.15, -0.1) is 0 Å². The van der Waals surface area contributed by atoms with Crippen molar-refractivity contribution in [2.75, 3.05) is 24.2 Å². The van der Waals surface area contributed by atoms with Gasteiger partial charge in [-0.25, -0.2) is 4.98 Å². The van der Waals surface area contributed by atoms with Crippen LogP contribution < -0.4 is 10.1 Å². The number of anilines is 1. The van der Waals surface area contributed by atoms with Crippen LogP contribution in [0.1, 0.15) is 32.4 Å². The highest BCUT2D eigenvalue weighted by Crippen LogP contribution is 2.37. The van der Waals surface area contributed by atoms with Gasteiger partial charge in [-0.1, -0.05) is 0 Å². The number of nitrogens with zero attached hydrogens (tertiary/aromatic N) is 2. The summed E-state index contributed by atoms with van der Waals surface area (Å²) in [6.07, 6.45) is 2.57. The van der Waals surface area contributed by atoms with E-state index in [1.165, 1.54) is 18.6 Å². The van der Waals surface area contributed by atoms with Crippen molar-refractivity contribution in [1.29, 1.82) is 0 Å². The molecule has 0 aliphatic carbocycles. The second-order valence-electron chi connectivity index (χ2n) is 4.86. The first-order valence-corrected chi connectivity index (χ1v) is 7.46. The minimum Gasteiger partial charge on any atom is -0.478 e. The number of nitrogens with one attached hydrogen (secondary N) is 1. The Labute approximate surface area is 113 Å². The Balaban J connectivity index is 2.00. The van der Waals surface area contributed by atoms with Crippen LogP contribution in [0, 0.1) is 6.92 Å². The third-order valence-corrected chi connectivity index (χ3v) is 4.58. The first-order chi connectivity index (χ1) is 8.61. The maximum atomic E-state index is 5.43. The van der Waals surface area contributed by atoms with Gasteiger partial charge in [-0.2, -0.15) is 16.7 Å². The zero-order valence-electron chi connectivity index (χ0n) is 11.3. The highest BCUT2D eigenvalue weighted by molar-refractivity contribution is 8.00. The summed E-state index contributed by atoms with van der Waals surface area (Å²) in [4.78, 5) is 8.76. The number of thioether (sulfide) groups is 1. The van der Waals surface area contributed by atoms with Gasteiger partial charge in [0.1, 0.15) is 0 Å². The number of aryl methyl sites for hydroxylation is 1. The van der Waals surface area contributed by atoms with Gasteiger partial charge in [-0.05, 0) is 39.4 Å². The van der Waals surface area contributed by atoms with Crippen LogP contribution in [-0.2, 0) is 0 Å². The van der Waals surface area contributed by atoms with Crippen LogP contribution in [0.3, 0.4) is 0 Å². The highest BCUT2D eigenvalue weighted by atomic mass is 32.2. The molecule has 0 amide bonds. The van der Waals surface area contributed by atoms with E-state index in [1.807, 2.05) is 31.7 Å². The molecule has 18 heavy (non-hydrogen) atoms. The van der Waals surface area contributed by atoms with Crippen LogP contribution in [0.4, 0.5) is 5.95 Å². The number of rotatable bonds is 5. The standard InChI is InChI=1S/C13H21N3OS/c1-4-17-11-8-10(2)15-12(16-11)14-9-13(3)6-5-7-18-13/h8H,4-7,9H2,1-3H3,(H,14,15,16). The Morgan fingerprint density at radius 2 is 2.33 bits per heavy atom. The van der Waals surface area contributed by atoms with Crippen LogP contribution >= 0.6 is 11.8 Å². The fourth-order valence-corrected chi connectivity index (χ4v) is 3.33. The lowest BCUT2D eigenvalue weighted by atomic mass is 10.1. The minimum absolute atomic E-state index is 0.318. The van der Waals surface area contributed by atoms with Crippen molar-refractivity contribution in [2.24, 2.45) is 0 Å². The van der Waals surface area contributed by atoms with E-state index in [0.29, 0.717) is 23.2 Å². The Kier molecular flexibility index (Phi) is 4.32. The van der Waals surface area contributed by atoms with Gasteiger partial charge in [0, 0.05) is 23.1 Å². The molecule has 1 N–H and O–H groups in total. The third-order valence-electron chi connectivity index (χ3n) is 3.04. The van der Waals surface area contributed by atoms with Crippen LogP contribution in [0.25, 0.3) is 0 Å². The summed E-state index contributed by atoms with van der Waals surface area (Å²) in [6, 6.07) is 1.86. The second-order valence-corrected chi connectivity index (χ2v) is 6.54. The zero-order valence-corrected chi connectivity index (χ0v) is 12.1. The average Bonchev–Trinajstić information content (AvgIpc) is 2.74. The van der Waals surface area contributed by atoms with Gasteiger partial charge >= 0.3 is 0 Å². The van der Waals surface area contributed by atoms with E-state index in [4.69, 9.17) is 4.74 Å². The molecule has 5 heteroatoms. The van der Waals surface area contributed by atoms with Crippen molar-refractivity contribution in [1.82, 2.24) is 9.97 Å². The average molecular weight is 267 g/mol. The molecule has 1 fully saturated rings. The van der Waals surface area contributed by atoms with Crippen molar-refractivity contribution in [3.8, 4) is 5.88 Å². The molecule has 0 saturated carbocycles. The lowest BCUT2D eigenvalue weighted by molar-refractivity contribution is 0.326. The molecule has 4 nitrogen and oxygen atoms in total. The number of hydrogen-bond donors (Lipinski definition) is 1. The summed E-state index contributed by atoms with van der Waals surface area (Å²) in [5, 5.41) is 3.34. The molecule has 1 atom stereocenters. The lowest BCUT2D eigenvalue weighted by Gasteiger charge is -2.22. The summed E-state index contributed by atoms with van der Waals surface area (Å²) in [6.45, 7) is 7.76. The molecule has 0 spiro atoms. The topological polar surface area (TPSA) is 47.0 Å². The van der Waals surface area contributed by atoms with Crippen LogP contribution in [-0.4, -0.2) is 33.6 Å². The summed E-state index contributed by atoms with van der Waals surface area (Å²) < 4.78 is 5.75. The quantitative estimate of drug-likeness (QED) is 0.889. The number of ether oxygens (including phenoxy) is 1. The van der Waals surface area contributed by atoms with Crippen molar-refractivity contribution >= 4 is 17.7 Å². The summed E-state index contributed by atoms with van der Waals surface area (Å²) in [7, 11) is 0. The Morgan fingerprint density at radius 3 is 3.00 bits per heavy atom. The highest BCUT2D eigenvalue weighted by Gasteiger charge is 2.29. The molecule has 0 bridgehead atoms. The van der Waals surface area contributed by atoms with Gasteiger partial charge in [0.15, 0.2) is 0 Å². The molecule has 100 valence electrons. The molecule has 2 heterocycles. The van der Waals surface area contributed by atoms with Crippen molar-refractivity contribution < 1.29 is 4.74 Å². The Morgan fingerprint density at radius 1 is 1.50 bits per heavy atom. The van der Waals surface area contributed by atoms with Gasteiger partial charge in [0.05, 0.1) is 6.61 Å². The predicted molar refractivity (Wildman–Crippen MR) is 76.5 cm³/mol. The normalized spacial score (nSPS) is 23.1. The van der Waals surface area contributed by atoms with Gasteiger partial charge in [0.2, 0.25) is 11.8 Å². The van der Waals surface area contributed by atoms with E-state index >= 15 is 0 Å². The number of aromatic nitrogens is 2. The molecule has 0 radical (unpaired) electrons.